The van der Waals surface area contributed by atoms with Crippen LogP contribution in [0.25, 0.3) is 0 Å². The minimum absolute atomic E-state index is 0.0481. The van der Waals surface area contributed by atoms with E-state index >= 15 is 0 Å². The van der Waals surface area contributed by atoms with Gasteiger partial charge in [0, 0.05) is 6.20 Å². The van der Waals surface area contributed by atoms with Crippen molar-refractivity contribution in [3.63, 3.8) is 0 Å². The molecule has 36 heavy (non-hydrogen) atoms. The van der Waals surface area contributed by atoms with Crippen molar-refractivity contribution in [3.05, 3.63) is 59.3 Å². The zero-order valence-electron chi connectivity index (χ0n) is 22.3. The van der Waals surface area contributed by atoms with Crippen LogP contribution >= 0.6 is 0 Å². The second-order valence-corrected chi connectivity index (χ2v) is 13.6. The smallest absolute Gasteiger partial charge is 0.417 e. The molecule has 1 N–H and O–H groups in total. The number of amides is 2. The minimum atomic E-state index is -1.59. The van der Waals surface area contributed by atoms with Crippen LogP contribution in [0.3, 0.4) is 0 Å². The molecule has 1 aromatic heterocycles. The van der Waals surface area contributed by atoms with E-state index in [1.165, 1.54) is 7.11 Å². The Balaban J connectivity index is 1.99. The topological polar surface area (TPSA) is 98.2 Å². The highest BCUT2D eigenvalue weighted by Crippen LogP contribution is 2.43. The number of nitrogens with zero attached hydrogens (tertiary/aromatic N) is 2. The van der Waals surface area contributed by atoms with Crippen molar-refractivity contribution in [3.8, 4) is 5.88 Å². The second-order valence-electron chi connectivity index (χ2n) is 10.9. The molecule has 1 fully saturated rings. The zero-order chi connectivity index (χ0) is 26.7. The first-order valence-corrected chi connectivity index (χ1v) is 13.6. The summed E-state index contributed by atoms with van der Waals surface area (Å²) >= 11 is 0. The largest absolute Gasteiger partial charge is 0.481 e. The van der Waals surface area contributed by atoms with E-state index in [1.54, 1.807) is 19.2 Å². The van der Waals surface area contributed by atoms with Crippen molar-refractivity contribution in [2.75, 3.05) is 13.7 Å². The van der Waals surface area contributed by atoms with Crippen LogP contribution in [0.15, 0.2) is 42.6 Å². The number of benzene rings is 1. The van der Waals surface area contributed by atoms with E-state index in [9.17, 15) is 14.7 Å². The van der Waals surface area contributed by atoms with Crippen LogP contribution in [0.4, 0.5) is 4.79 Å². The summed E-state index contributed by atoms with van der Waals surface area (Å²) in [7, 11) is 0.554. The Morgan fingerprint density at radius 3 is 2.44 bits per heavy atom. The Morgan fingerprint density at radius 1 is 1.19 bits per heavy atom. The number of imide groups is 1. The lowest BCUT2D eigenvalue weighted by Gasteiger charge is -2.37. The van der Waals surface area contributed by atoms with Crippen LogP contribution in [0.1, 0.15) is 77.1 Å². The summed E-state index contributed by atoms with van der Waals surface area (Å²) in [5, 5.41) is 12.0. The van der Waals surface area contributed by atoms with Crippen molar-refractivity contribution in [2.24, 2.45) is 0 Å². The lowest BCUT2D eigenvalue weighted by atomic mass is 9.80. The molecule has 2 heterocycles. The highest BCUT2D eigenvalue weighted by Gasteiger charge is 2.44. The summed E-state index contributed by atoms with van der Waals surface area (Å²) in [5.74, 6) is -0.178. The van der Waals surface area contributed by atoms with Crippen LogP contribution in [-0.4, -0.2) is 50.5 Å². The van der Waals surface area contributed by atoms with Crippen LogP contribution < -0.4 is 4.74 Å². The summed E-state index contributed by atoms with van der Waals surface area (Å²) in [5.41, 5.74) is -0.507. The molecule has 1 aliphatic heterocycles. The van der Waals surface area contributed by atoms with Gasteiger partial charge in [-0.2, -0.15) is 0 Å². The lowest BCUT2D eigenvalue weighted by Crippen LogP contribution is -2.41. The fraction of sp³-hybridized carbons (Fsp3) is 0.519. The molecule has 9 heteroatoms. The number of hydrogen-bond donors (Lipinski definition) is 1. The van der Waals surface area contributed by atoms with Gasteiger partial charge in [0.05, 0.1) is 30.3 Å². The molecule has 2 aromatic rings. The first kappa shape index (κ1) is 27.8. The third-order valence-corrected chi connectivity index (χ3v) is 8.17. The van der Waals surface area contributed by atoms with Gasteiger partial charge in [0.2, 0.25) is 11.8 Å². The third kappa shape index (κ3) is 5.96. The number of hydrogen-bond acceptors (Lipinski definition) is 7. The first-order chi connectivity index (χ1) is 16.8. The van der Waals surface area contributed by atoms with Gasteiger partial charge in [-0.1, -0.05) is 58.0 Å². The van der Waals surface area contributed by atoms with Gasteiger partial charge in [0.1, 0.15) is 12.6 Å². The van der Waals surface area contributed by atoms with Crippen LogP contribution in [0.5, 0.6) is 5.88 Å². The van der Waals surface area contributed by atoms with Crippen molar-refractivity contribution in [1.29, 1.82) is 0 Å². The van der Waals surface area contributed by atoms with Gasteiger partial charge in [-0.05, 0) is 42.5 Å². The number of ether oxygens (including phenoxy) is 2. The normalized spacial score (nSPS) is 18.4. The lowest BCUT2D eigenvalue weighted by molar-refractivity contribution is -0.135. The van der Waals surface area contributed by atoms with Crippen molar-refractivity contribution < 1.29 is 28.6 Å². The number of aliphatic hydroxyl groups is 1. The predicted octanol–water partition coefficient (Wildman–Crippen LogP) is 4.35. The minimum Gasteiger partial charge on any atom is -0.481 e. The molecule has 0 spiro atoms. The van der Waals surface area contributed by atoms with Gasteiger partial charge in [-0.3, -0.25) is 4.79 Å². The molecule has 3 rings (SSSR count). The average Bonchev–Trinajstić information content (AvgIpc) is 3.23. The second kappa shape index (κ2) is 10.7. The van der Waals surface area contributed by atoms with Gasteiger partial charge >= 0.3 is 6.09 Å². The molecule has 196 valence electrons. The number of aromatic nitrogens is 1. The van der Waals surface area contributed by atoms with E-state index in [0.717, 1.165) is 10.5 Å². The molecular formula is C27H38N2O6Si. The summed E-state index contributed by atoms with van der Waals surface area (Å²) in [6, 6.07) is 10.4. The van der Waals surface area contributed by atoms with E-state index in [1.807, 2.05) is 44.2 Å². The maximum absolute atomic E-state index is 13.6. The van der Waals surface area contributed by atoms with Gasteiger partial charge in [-0.15, -0.1) is 0 Å². The first-order valence-electron chi connectivity index (χ1n) is 12.3. The molecule has 1 aromatic carbocycles. The highest BCUT2D eigenvalue weighted by molar-refractivity contribution is 6.31. The summed E-state index contributed by atoms with van der Waals surface area (Å²) < 4.78 is 17.2. The van der Waals surface area contributed by atoms with E-state index in [4.69, 9.17) is 13.9 Å². The number of pyridine rings is 1. The Hall–Kier alpha value is -2.75. The van der Waals surface area contributed by atoms with Crippen LogP contribution in [0.2, 0.25) is 5.04 Å². The number of carbonyl (C=O) groups is 2. The Labute approximate surface area is 215 Å². The fourth-order valence-corrected chi connectivity index (χ4v) is 5.34. The molecular weight excluding hydrogens is 476 g/mol. The average molecular weight is 515 g/mol. The maximum Gasteiger partial charge on any atom is 0.417 e. The molecule has 0 saturated carbocycles. The molecule has 1 aliphatic rings. The monoisotopic (exact) mass is 514 g/mol. The Kier molecular flexibility index (Phi) is 8.27. The maximum atomic E-state index is 13.6. The molecule has 1 unspecified atom stereocenters. The van der Waals surface area contributed by atoms with Gasteiger partial charge in [-0.25, -0.2) is 14.7 Å². The van der Waals surface area contributed by atoms with Crippen LogP contribution in [0, 0.1) is 0 Å². The zero-order valence-corrected chi connectivity index (χ0v) is 23.7. The molecule has 0 bridgehead atoms. The summed E-state index contributed by atoms with van der Waals surface area (Å²) in [4.78, 5) is 31.6. The van der Waals surface area contributed by atoms with E-state index in [0.29, 0.717) is 17.0 Å². The van der Waals surface area contributed by atoms with E-state index in [-0.39, 0.29) is 24.5 Å². The number of methoxy groups -OCH3 is 1. The van der Waals surface area contributed by atoms with Gasteiger partial charge < -0.3 is 19.0 Å². The third-order valence-electron chi connectivity index (χ3n) is 6.43. The SMILES string of the molecule is CCC(O)(CC(=O)N1C(=O)OC[C@@H]1c1ccccc1)c1ccnc(OC)c1C(C)(C)O[SiH2]C(C)(C)C. The Morgan fingerprint density at radius 2 is 1.86 bits per heavy atom. The van der Waals surface area contributed by atoms with Crippen molar-refractivity contribution in [2.45, 2.75) is 76.7 Å². The summed E-state index contributed by atoms with van der Waals surface area (Å²) in [6.45, 7) is 12.1. The molecule has 0 radical (unpaired) electrons. The number of carbonyl (C=O) groups excluding carboxylic acids is 2. The van der Waals surface area contributed by atoms with Gasteiger partial charge in [0.15, 0.2) is 9.76 Å². The van der Waals surface area contributed by atoms with E-state index < -0.39 is 39.0 Å². The van der Waals surface area contributed by atoms with Gasteiger partial charge in [0.25, 0.3) is 0 Å². The molecule has 1 saturated heterocycles. The van der Waals surface area contributed by atoms with E-state index in [2.05, 4.69) is 25.8 Å². The quantitative estimate of drug-likeness (QED) is 0.497. The highest BCUT2D eigenvalue weighted by atomic mass is 28.2. The Bertz CT molecular complexity index is 1090. The molecule has 2 amide bonds. The van der Waals surface area contributed by atoms with Crippen LogP contribution in [-0.2, 0) is 25.2 Å². The number of rotatable bonds is 9. The summed E-state index contributed by atoms with van der Waals surface area (Å²) in [6.07, 6.45) is 0.760. The predicted molar refractivity (Wildman–Crippen MR) is 139 cm³/mol. The molecule has 2 atom stereocenters. The standard InChI is InChI=1S/C27H38N2O6Si/c1-8-27(32,16-21(30)29-20(17-34-24(29)31)18-12-10-9-11-13-18)19-14-15-28-23(33-7)22(19)26(5,6)35-36-25(2,3)4/h9-15,20,32H,8,16-17,36H2,1-7H3/t20-,27?/m1/s1. The number of cyclic esters (lactones) is 1. The molecule has 8 nitrogen and oxygen atoms in total. The molecule has 0 aliphatic carbocycles. The van der Waals surface area contributed by atoms with Crippen molar-refractivity contribution >= 4 is 21.8 Å². The van der Waals surface area contributed by atoms with Crippen molar-refractivity contribution in [1.82, 2.24) is 9.88 Å². The fourth-order valence-electron chi connectivity index (χ4n) is 4.40.